The van der Waals surface area contributed by atoms with Crippen LogP contribution < -0.4 is 0 Å². The lowest BCUT2D eigenvalue weighted by molar-refractivity contribution is -0.152. The molecule has 1 heterocycles. The molecule has 6 heteroatoms. The summed E-state index contributed by atoms with van der Waals surface area (Å²) in [6.07, 6.45) is 5.29. The molecule has 1 amide bonds. The Bertz CT molecular complexity index is 835. The number of fused-ring (bicyclic) bond motifs is 1. The summed E-state index contributed by atoms with van der Waals surface area (Å²) in [4.78, 5) is 40.0. The van der Waals surface area contributed by atoms with Crippen molar-refractivity contribution in [3.05, 3.63) is 35.4 Å². The van der Waals surface area contributed by atoms with Crippen molar-refractivity contribution in [1.82, 2.24) is 4.90 Å². The normalized spacial score (nSPS) is 30.1. The molecule has 0 bridgehead atoms. The van der Waals surface area contributed by atoms with E-state index >= 15 is 0 Å². The molecule has 1 aromatic carbocycles. The first-order valence-electron chi connectivity index (χ1n) is 10.1. The fourth-order valence-electron chi connectivity index (χ4n) is 5.50. The number of carboxylic acids is 1. The number of amides is 1. The summed E-state index contributed by atoms with van der Waals surface area (Å²) in [5, 5.41) is 19.1. The van der Waals surface area contributed by atoms with E-state index in [1.807, 2.05) is 0 Å². The van der Waals surface area contributed by atoms with E-state index in [2.05, 4.69) is 6.07 Å². The maximum absolute atomic E-state index is 13.4. The molecular weight excluding hydrogens is 356 g/mol. The van der Waals surface area contributed by atoms with Gasteiger partial charge in [0, 0.05) is 24.2 Å². The van der Waals surface area contributed by atoms with E-state index in [0.717, 1.165) is 31.2 Å². The van der Waals surface area contributed by atoms with Crippen LogP contribution in [-0.2, 0) is 14.4 Å². The van der Waals surface area contributed by atoms with Crippen LogP contribution in [0.4, 0.5) is 0 Å². The highest BCUT2D eigenvalue weighted by molar-refractivity contribution is 5.91. The lowest BCUT2D eigenvalue weighted by Crippen LogP contribution is -2.46. The third-order valence-corrected chi connectivity index (χ3v) is 6.73. The quantitative estimate of drug-likeness (QED) is 0.869. The SMILES string of the molecule is N#Cc1ccc(C2C3C(=O)CCCC3C(C(=O)O)N2C(=O)C2CCCC2)cc1. The van der Waals surface area contributed by atoms with Crippen LogP contribution in [0.15, 0.2) is 24.3 Å². The van der Waals surface area contributed by atoms with Gasteiger partial charge >= 0.3 is 5.97 Å². The molecule has 4 atom stereocenters. The number of aliphatic carboxylic acids is 1. The molecule has 2 saturated carbocycles. The molecule has 4 rings (SSSR count). The average molecular weight is 380 g/mol. The van der Waals surface area contributed by atoms with Crippen molar-refractivity contribution in [2.75, 3.05) is 0 Å². The van der Waals surface area contributed by atoms with Crippen LogP contribution in [0.3, 0.4) is 0 Å². The topological polar surface area (TPSA) is 98.5 Å². The number of nitriles is 1. The van der Waals surface area contributed by atoms with Crippen molar-refractivity contribution in [3.8, 4) is 6.07 Å². The van der Waals surface area contributed by atoms with Crippen molar-refractivity contribution >= 4 is 17.7 Å². The van der Waals surface area contributed by atoms with Crippen LogP contribution in [0.5, 0.6) is 0 Å². The number of hydrogen-bond donors (Lipinski definition) is 1. The van der Waals surface area contributed by atoms with Gasteiger partial charge in [0.15, 0.2) is 0 Å². The van der Waals surface area contributed by atoms with Crippen molar-refractivity contribution in [3.63, 3.8) is 0 Å². The lowest BCUT2D eigenvalue weighted by Gasteiger charge is -2.32. The molecule has 1 aliphatic heterocycles. The summed E-state index contributed by atoms with van der Waals surface area (Å²) in [5.74, 6) is -2.07. The summed E-state index contributed by atoms with van der Waals surface area (Å²) >= 11 is 0. The van der Waals surface area contributed by atoms with Gasteiger partial charge in [-0.3, -0.25) is 9.59 Å². The summed E-state index contributed by atoms with van der Waals surface area (Å²) in [6, 6.07) is 7.43. The first-order valence-corrected chi connectivity index (χ1v) is 10.1. The third kappa shape index (κ3) is 2.99. The van der Waals surface area contributed by atoms with Crippen LogP contribution in [0, 0.1) is 29.1 Å². The summed E-state index contributed by atoms with van der Waals surface area (Å²) < 4.78 is 0. The Morgan fingerprint density at radius 1 is 1.07 bits per heavy atom. The maximum Gasteiger partial charge on any atom is 0.326 e. The molecule has 0 aromatic heterocycles. The second kappa shape index (κ2) is 7.38. The first-order chi connectivity index (χ1) is 13.5. The Morgan fingerprint density at radius 3 is 2.36 bits per heavy atom. The highest BCUT2D eigenvalue weighted by Crippen LogP contribution is 2.51. The van der Waals surface area contributed by atoms with Crippen molar-refractivity contribution in [1.29, 1.82) is 5.26 Å². The minimum atomic E-state index is -1.02. The number of likely N-dealkylation sites (tertiary alicyclic amines) is 1. The molecule has 4 unspecified atom stereocenters. The fraction of sp³-hybridized carbons (Fsp3) is 0.545. The molecule has 1 aromatic rings. The zero-order chi connectivity index (χ0) is 19.8. The van der Waals surface area contributed by atoms with Gasteiger partial charge in [-0.15, -0.1) is 0 Å². The van der Waals surface area contributed by atoms with Crippen molar-refractivity contribution in [2.24, 2.45) is 17.8 Å². The highest BCUT2D eigenvalue weighted by atomic mass is 16.4. The fourth-order valence-corrected chi connectivity index (χ4v) is 5.50. The second-order valence-corrected chi connectivity index (χ2v) is 8.24. The summed E-state index contributed by atoms with van der Waals surface area (Å²) in [5.41, 5.74) is 1.25. The Kier molecular flexibility index (Phi) is 4.92. The summed E-state index contributed by atoms with van der Waals surface area (Å²) in [7, 11) is 0. The van der Waals surface area contributed by atoms with Gasteiger partial charge in [0.1, 0.15) is 11.8 Å². The number of Topliss-reactive ketones (excluding diaryl/α,β-unsaturated/α-hetero) is 1. The Hall–Kier alpha value is -2.68. The van der Waals surface area contributed by atoms with Gasteiger partial charge in [-0.1, -0.05) is 25.0 Å². The van der Waals surface area contributed by atoms with E-state index in [1.54, 1.807) is 24.3 Å². The van der Waals surface area contributed by atoms with Gasteiger partial charge in [-0.25, -0.2) is 4.79 Å². The molecule has 28 heavy (non-hydrogen) atoms. The van der Waals surface area contributed by atoms with Gasteiger partial charge < -0.3 is 10.0 Å². The van der Waals surface area contributed by atoms with E-state index in [4.69, 9.17) is 5.26 Å². The average Bonchev–Trinajstić information content (AvgIpc) is 3.34. The third-order valence-electron chi connectivity index (χ3n) is 6.73. The molecule has 6 nitrogen and oxygen atoms in total. The van der Waals surface area contributed by atoms with Crippen LogP contribution in [-0.4, -0.2) is 33.7 Å². The van der Waals surface area contributed by atoms with Crippen LogP contribution >= 0.6 is 0 Å². The Morgan fingerprint density at radius 2 is 1.75 bits per heavy atom. The second-order valence-electron chi connectivity index (χ2n) is 8.24. The number of carbonyl (C=O) groups excluding carboxylic acids is 2. The molecule has 3 aliphatic rings. The number of ketones is 1. The predicted octanol–water partition coefficient (Wildman–Crippen LogP) is 3.07. The molecule has 1 N–H and O–H groups in total. The van der Waals surface area contributed by atoms with Gasteiger partial charge in [-0.05, 0) is 43.4 Å². The number of carbonyl (C=O) groups is 3. The number of nitrogens with zero attached hydrogens (tertiary/aromatic N) is 2. The largest absolute Gasteiger partial charge is 0.480 e. The van der Waals surface area contributed by atoms with E-state index < -0.39 is 24.0 Å². The highest BCUT2D eigenvalue weighted by Gasteiger charge is 2.58. The molecular formula is C22H24N2O4. The minimum Gasteiger partial charge on any atom is -0.480 e. The predicted molar refractivity (Wildman–Crippen MR) is 100.0 cm³/mol. The summed E-state index contributed by atoms with van der Waals surface area (Å²) in [6.45, 7) is 0. The van der Waals surface area contributed by atoms with Gasteiger partial charge in [0.2, 0.25) is 5.91 Å². The maximum atomic E-state index is 13.4. The van der Waals surface area contributed by atoms with Crippen LogP contribution in [0.25, 0.3) is 0 Å². The van der Waals surface area contributed by atoms with Crippen molar-refractivity contribution in [2.45, 2.75) is 57.0 Å². The van der Waals surface area contributed by atoms with E-state index in [9.17, 15) is 19.5 Å². The number of benzene rings is 1. The van der Waals surface area contributed by atoms with Crippen molar-refractivity contribution < 1.29 is 19.5 Å². The molecule has 2 aliphatic carbocycles. The molecule has 1 saturated heterocycles. The molecule has 3 fully saturated rings. The monoisotopic (exact) mass is 380 g/mol. The van der Waals surface area contributed by atoms with E-state index in [0.29, 0.717) is 24.8 Å². The molecule has 146 valence electrons. The smallest absolute Gasteiger partial charge is 0.326 e. The van der Waals surface area contributed by atoms with E-state index in [1.165, 1.54) is 4.90 Å². The van der Waals surface area contributed by atoms with Gasteiger partial charge in [-0.2, -0.15) is 5.26 Å². The van der Waals surface area contributed by atoms with Crippen LogP contribution in [0.2, 0.25) is 0 Å². The number of rotatable bonds is 3. The van der Waals surface area contributed by atoms with Gasteiger partial charge in [0.05, 0.1) is 17.7 Å². The number of hydrogen-bond acceptors (Lipinski definition) is 4. The Labute approximate surface area is 164 Å². The first kappa shape index (κ1) is 18.7. The van der Waals surface area contributed by atoms with Crippen LogP contribution in [0.1, 0.15) is 62.1 Å². The van der Waals surface area contributed by atoms with Gasteiger partial charge in [0.25, 0.3) is 0 Å². The zero-order valence-electron chi connectivity index (χ0n) is 15.7. The van der Waals surface area contributed by atoms with E-state index in [-0.39, 0.29) is 23.5 Å². The zero-order valence-corrected chi connectivity index (χ0v) is 15.7. The standard InChI is InChI=1S/C22H24N2O4/c23-12-13-8-10-14(11-9-13)19-18-16(6-3-7-17(18)25)20(22(27)28)24(19)21(26)15-4-1-2-5-15/h8-11,15-16,18-20H,1-7H2,(H,27,28). The number of carboxylic acid groups (broad SMARTS) is 1. The molecule has 0 spiro atoms. The lowest BCUT2D eigenvalue weighted by atomic mass is 9.74. The Balaban J connectivity index is 1.80. The minimum absolute atomic E-state index is 0.0542. The molecule has 0 radical (unpaired) electrons.